The number of anilines is 1. The van der Waals surface area contributed by atoms with Gasteiger partial charge in [-0.25, -0.2) is 0 Å². The zero-order valence-electron chi connectivity index (χ0n) is 18.7. The second-order valence-electron chi connectivity index (χ2n) is 7.40. The van der Waals surface area contributed by atoms with E-state index in [2.05, 4.69) is 15.5 Å². The molecule has 33 heavy (non-hydrogen) atoms. The van der Waals surface area contributed by atoms with E-state index in [4.69, 9.17) is 16.3 Å². The molecule has 0 spiro atoms. The van der Waals surface area contributed by atoms with Crippen LogP contribution in [-0.2, 0) is 16.1 Å². The Morgan fingerprint density at radius 1 is 1.12 bits per heavy atom. The zero-order valence-corrected chi connectivity index (χ0v) is 20.3. The van der Waals surface area contributed by atoms with E-state index < -0.39 is 0 Å². The monoisotopic (exact) mass is 487 g/mol. The van der Waals surface area contributed by atoms with Gasteiger partial charge in [-0.15, -0.1) is 10.2 Å². The van der Waals surface area contributed by atoms with Crippen molar-refractivity contribution in [3.05, 3.63) is 59.1 Å². The number of nitrogens with one attached hydrogen (secondary N) is 1. The molecule has 2 aromatic carbocycles. The van der Waals surface area contributed by atoms with Crippen molar-refractivity contribution in [1.82, 2.24) is 19.7 Å². The molecular formula is C23H26ClN5O3S. The molecule has 0 saturated heterocycles. The normalized spacial score (nSPS) is 10.8. The van der Waals surface area contributed by atoms with Crippen molar-refractivity contribution < 1.29 is 14.3 Å². The molecule has 1 heterocycles. The molecule has 8 nitrogen and oxygen atoms in total. The Bertz CT molecular complexity index is 1100. The Kier molecular flexibility index (Phi) is 8.87. The largest absolute Gasteiger partial charge is 0.385 e. The van der Waals surface area contributed by atoms with Gasteiger partial charge in [-0.05, 0) is 42.8 Å². The summed E-state index contributed by atoms with van der Waals surface area (Å²) in [7, 11) is 5.05. The number of hydrogen-bond donors (Lipinski definition) is 1. The highest BCUT2D eigenvalue weighted by molar-refractivity contribution is 7.99. The van der Waals surface area contributed by atoms with E-state index in [1.54, 1.807) is 45.5 Å². The van der Waals surface area contributed by atoms with E-state index in [-0.39, 0.29) is 17.6 Å². The van der Waals surface area contributed by atoms with Gasteiger partial charge < -0.3 is 19.5 Å². The maximum absolute atomic E-state index is 12.5. The van der Waals surface area contributed by atoms with Crippen molar-refractivity contribution in [3.8, 4) is 11.4 Å². The van der Waals surface area contributed by atoms with Crippen LogP contribution in [0.4, 0.5) is 5.69 Å². The molecule has 0 radical (unpaired) electrons. The van der Waals surface area contributed by atoms with Gasteiger partial charge in [-0.1, -0.05) is 35.5 Å². The number of hydrogen-bond acceptors (Lipinski definition) is 6. The Morgan fingerprint density at radius 3 is 2.52 bits per heavy atom. The average Bonchev–Trinajstić information content (AvgIpc) is 3.20. The second kappa shape index (κ2) is 11.8. The number of aromatic nitrogens is 3. The number of carbonyl (C=O) groups is 2. The summed E-state index contributed by atoms with van der Waals surface area (Å²) in [4.78, 5) is 26.0. The van der Waals surface area contributed by atoms with Gasteiger partial charge >= 0.3 is 0 Å². The SMILES string of the molecule is COCCCn1c(SCC(=O)Nc2ccc(C(=O)N(C)C)cc2)nnc1-c1ccccc1Cl. The molecular weight excluding hydrogens is 462 g/mol. The Balaban J connectivity index is 1.68. The van der Waals surface area contributed by atoms with Crippen LogP contribution < -0.4 is 5.32 Å². The highest BCUT2D eigenvalue weighted by Gasteiger charge is 2.17. The lowest BCUT2D eigenvalue weighted by molar-refractivity contribution is -0.113. The Morgan fingerprint density at radius 2 is 1.85 bits per heavy atom. The minimum Gasteiger partial charge on any atom is -0.385 e. The third-order valence-electron chi connectivity index (χ3n) is 4.72. The smallest absolute Gasteiger partial charge is 0.253 e. The van der Waals surface area contributed by atoms with Gasteiger partial charge in [-0.3, -0.25) is 9.59 Å². The molecule has 1 N–H and O–H groups in total. The Labute approximate surface area is 202 Å². The maximum atomic E-state index is 12.5. The van der Waals surface area contributed by atoms with Crippen molar-refractivity contribution in [3.63, 3.8) is 0 Å². The van der Waals surface area contributed by atoms with E-state index in [9.17, 15) is 9.59 Å². The molecule has 0 atom stereocenters. The molecule has 0 unspecified atom stereocenters. The van der Waals surface area contributed by atoms with E-state index in [1.807, 2.05) is 28.8 Å². The van der Waals surface area contributed by atoms with Crippen molar-refractivity contribution in [2.75, 3.05) is 38.9 Å². The van der Waals surface area contributed by atoms with Crippen LogP contribution in [0, 0.1) is 0 Å². The minimum atomic E-state index is -0.183. The summed E-state index contributed by atoms with van der Waals surface area (Å²) in [6, 6.07) is 14.3. The number of halogens is 1. The van der Waals surface area contributed by atoms with Crippen molar-refractivity contribution in [2.24, 2.45) is 0 Å². The van der Waals surface area contributed by atoms with Crippen LogP contribution in [0.25, 0.3) is 11.4 Å². The summed E-state index contributed by atoms with van der Waals surface area (Å²) < 4.78 is 7.13. The quantitative estimate of drug-likeness (QED) is 0.342. The number of rotatable bonds is 10. The first kappa shape index (κ1) is 24.8. The molecule has 3 rings (SSSR count). The summed E-state index contributed by atoms with van der Waals surface area (Å²) in [6.45, 7) is 1.23. The van der Waals surface area contributed by atoms with Crippen LogP contribution in [-0.4, -0.2) is 65.0 Å². The van der Waals surface area contributed by atoms with Crippen molar-refractivity contribution in [1.29, 1.82) is 0 Å². The number of nitrogens with zero attached hydrogens (tertiary/aromatic N) is 4. The first-order chi connectivity index (χ1) is 15.9. The number of carbonyl (C=O) groups excluding carboxylic acids is 2. The number of benzene rings is 2. The molecule has 1 aromatic heterocycles. The molecule has 174 valence electrons. The van der Waals surface area contributed by atoms with E-state index in [1.165, 1.54) is 16.7 Å². The summed E-state index contributed by atoms with van der Waals surface area (Å²) in [5.74, 6) is 0.535. The van der Waals surface area contributed by atoms with Gasteiger partial charge in [0.15, 0.2) is 11.0 Å². The third-order valence-corrected chi connectivity index (χ3v) is 6.01. The van der Waals surface area contributed by atoms with Gasteiger partial charge in [0.2, 0.25) is 5.91 Å². The summed E-state index contributed by atoms with van der Waals surface area (Å²) in [5, 5.41) is 12.7. The lowest BCUT2D eigenvalue weighted by atomic mass is 10.2. The average molecular weight is 488 g/mol. The van der Waals surface area contributed by atoms with Crippen LogP contribution in [0.15, 0.2) is 53.7 Å². The van der Waals surface area contributed by atoms with Gasteiger partial charge in [0.05, 0.1) is 10.8 Å². The van der Waals surface area contributed by atoms with E-state index in [0.29, 0.717) is 40.4 Å². The van der Waals surface area contributed by atoms with Gasteiger partial charge in [-0.2, -0.15) is 0 Å². The van der Waals surface area contributed by atoms with Gasteiger partial charge in [0.1, 0.15) is 0 Å². The number of ether oxygens (including phenoxy) is 1. The first-order valence-electron chi connectivity index (χ1n) is 10.3. The van der Waals surface area contributed by atoms with Crippen molar-refractivity contribution >= 4 is 40.9 Å². The molecule has 3 aromatic rings. The van der Waals surface area contributed by atoms with Crippen molar-refractivity contribution in [2.45, 2.75) is 18.1 Å². The van der Waals surface area contributed by atoms with E-state index >= 15 is 0 Å². The first-order valence-corrected chi connectivity index (χ1v) is 11.7. The van der Waals surface area contributed by atoms with Crippen LogP contribution >= 0.6 is 23.4 Å². The molecule has 0 fully saturated rings. The highest BCUT2D eigenvalue weighted by atomic mass is 35.5. The van der Waals surface area contributed by atoms with Crippen LogP contribution in [0.2, 0.25) is 5.02 Å². The molecule has 0 aliphatic carbocycles. The summed E-state index contributed by atoms with van der Waals surface area (Å²) >= 11 is 7.66. The standard InChI is InChI=1S/C23H26ClN5O3S/c1-28(2)22(31)16-9-11-17(12-10-16)25-20(30)15-33-23-27-26-21(29(23)13-6-14-32-3)18-7-4-5-8-19(18)24/h4-5,7-12H,6,13-15H2,1-3H3,(H,25,30). The maximum Gasteiger partial charge on any atom is 0.253 e. The lowest BCUT2D eigenvalue weighted by Crippen LogP contribution is -2.21. The summed E-state index contributed by atoms with van der Waals surface area (Å²) in [5.41, 5.74) is 1.96. The number of methoxy groups -OCH3 is 1. The predicted molar refractivity (Wildman–Crippen MR) is 131 cm³/mol. The van der Waals surface area contributed by atoms with Crippen LogP contribution in [0.1, 0.15) is 16.8 Å². The highest BCUT2D eigenvalue weighted by Crippen LogP contribution is 2.29. The van der Waals surface area contributed by atoms with Gasteiger partial charge in [0.25, 0.3) is 5.91 Å². The summed E-state index contributed by atoms with van der Waals surface area (Å²) in [6.07, 6.45) is 0.768. The topological polar surface area (TPSA) is 89.4 Å². The number of amides is 2. The Hall–Kier alpha value is -2.88. The van der Waals surface area contributed by atoms with Crippen LogP contribution in [0.3, 0.4) is 0 Å². The molecule has 0 aliphatic rings. The lowest BCUT2D eigenvalue weighted by Gasteiger charge is -2.12. The fourth-order valence-corrected chi connectivity index (χ4v) is 4.07. The molecule has 10 heteroatoms. The third kappa shape index (κ3) is 6.56. The van der Waals surface area contributed by atoms with Gasteiger partial charge in [0, 0.05) is 51.2 Å². The fourth-order valence-electron chi connectivity index (χ4n) is 3.09. The molecule has 0 saturated carbocycles. The number of thioether (sulfide) groups is 1. The zero-order chi connectivity index (χ0) is 23.8. The molecule has 2 amide bonds. The minimum absolute atomic E-state index is 0.0921. The predicted octanol–water partition coefficient (Wildman–Crippen LogP) is 4.07. The van der Waals surface area contributed by atoms with Crippen LogP contribution in [0.5, 0.6) is 0 Å². The molecule has 0 aliphatic heterocycles. The second-order valence-corrected chi connectivity index (χ2v) is 8.75. The van der Waals surface area contributed by atoms with E-state index in [0.717, 1.165) is 12.0 Å². The molecule has 0 bridgehead atoms. The fraction of sp³-hybridized carbons (Fsp3) is 0.304.